The minimum Gasteiger partial charge on any atom is -0.507 e. The van der Waals surface area contributed by atoms with E-state index in [9.17, 15) is 10.2 Å². The van der Waals surface area contributed by atoms with Crippen LogP contribution in [0, 0.1) is 0 Å². The first-order chi connectivity index (χ1) is 10.7. The third-order valence-electron chi connectivity index (χ3n) is 3.45. The molecule has 22 heavy (non-hydrogen) atoms. The van der Waals surface area contributed by atoms with Crippen LogP contribution in [-0.2, 0) is 0 Å². The van der Waals surface area contributed by atoms with E-state index in [1.165, 1.54) is 0 Å². The molecular weight excluding hydrogens is 272 g/mol. The molecule has 0 saturated heterocycles. The summed E-state index contributed by atoms with van der Waals surface area (Å²) in [5.74, 6) is 0.137. The van der Waals surface area contributed by atoms with Crippen LogP contribution >= 0.6 is 0 Å². The zero-order chi connectivity index (χ0) is 15.4. The van der Waals surface area contributed by atoms with Crippen LogP contribution in [0.5, 0.6) is 11.5 Å². The Kier molecular flexibility index (Phi) is 3.92. The quantitative estimate of drug-likeness (QED) is 0.670. The predicted molar refractivity (Wildman–Crippen MR) is 90.6 cm³/mol. The van der Waals surface area contributed by atoms with Gasteiger partial charge in [-0.3, -0.25) is 0 Å². The highest BCUT2D eigenvalue weighted by Crippen LogP contribution is 2.38. The van der Waals surface area contributed by atoms with Gasteiger partial charge in [0, 0.05) is 0 Å². The maximum Gasteiger partial charge on any atom is 0.127 e. The number of hydrogen-bond acceptors (Lipinski definition) is 2. The summed E-state index contributed by atoms with van der Waals surface area (Å²) < 4.78 is 0. The van der Waals surface area contributed by atoms with Gasteiger partial charge in [0.25, 0.3) is 0 Å². The van der Waals surface area contributed by atoms with Gasteiger partial charge in [0.05, 0.1) is 5.56 Å². The highest BCUT2D eigenvalue weighted by Gasteiger charge is 2.10. The van der Waals surface area contributed by atoms with Crippen LogP contribution in [0.3, 0.4) is 0 Å². The molecule has 0 aliphatic rings. The number of benzene rings is 3. The fourth-order valence-corrected chi connectivity index (χ4v) is 2.39. The molecule has 0 aliphatic carbocycles. The molecule has 0 atom stereocenters. The van der Waals surface area contributed by atoms with Crippen molar-refractivity contribution in [2.45, 2.75) is 0 Å². The van der Waals surface area contributed by atoms with E-state index in [0.29, 0.717) is 5.56 Å². The molecule has 0 radical (unpaired) electrons. The highest BCUT2D eigenvalue weighted by molar-refractivity contribution is 5.80. The average molecular weight is 288 g/mol. The van der Waals surface area contributed by atoms with Gasteiger partial charge in [-0.25, -0.2) is 0 Å². The molecule has 0 aromatic heterocycles. The predicted octanol–water partition coefficient (Wildman–Crippen LogP) is 4.94. The first-order valence-electron chi connectivity index (χ1n) is 7.08. The Morgan fingerprint density at radius 1 is 0.591 bits per heavy atom. The first kappa shape index (κ1) is 14.0. The van der Waals surface area contributed by atoms with Gasteiger partial charge in [-0.2, -0.15) is 0 Å². The van der Waals surface area contributed by atoms with Gasteiger partial charge in [0.1, 0.15) is 11.5 Å². The number of phenols is 2. The van der Waals surface area contributed by atoms with Crippen molar-refractivity contribution in [3.63, 3.8) is 0 Å². The Labute approximate surface area is 129 Å². The Hall–Kier alpha value is -3.00. The molecule has 108 valence electrons. The lowest BCUT2D eigenvalue weighted by molar-refractivity contribution is 0.454. The molecule has 0 spiro atoms. The summed E-state index contributed by atoms with van der Waals surface area (Å²) in [6, 6.07) is 22.5. The number of hydrogen-bond donors (Lipinski definition) is 2. The second-order valence-electron chi connectivity index (χ2n) is 5.04. The molecule has 0 aliphatic heterocycles. The smallest absolute Gasteiger partial charge is 0.127 e. The van der Waals surface area contributed by atoms with E-state index >= 15 is 0 Å². The Morgan fingerprint density at radius 2 is 1.09 bits per heavy atom. The van der Waals surface area contributed by atoms with Crippen molar-refractivity contribution >= 4 is 12.2 Å². The molecule has 3 aromatic carbocycles. The Balaban J connectivity index is 1.95. The molecule has 0 saturated carbocycles. The van der Waals surface area contributed by atoms with Crippen LogP contribution in [-0.4, -0.2) is 10.2 Å². The van der Waals surface area contributed by atoms with Crippen molar-refractivity contribution in [3.8, 4) is 22.6 Å². The summed E-state index contributed by atoms with van der Waals surface area (Å²) in [4.78, 5) is 0. The van der Waals surface area contributed by atoms with Crippen molar-refractivity contribution in [1.82, 2.24) is 0 Å². The summed E-state index contributed by atoms with van der Waals surface area (Å²) in [6.45, 7) is 0. The molecule has 3 aromatic rings. The van der Waals surface area contributed by atoms with E-state index in [0.717, 1.165) is 16.7 Å². The minimum absolute atomic E-state index is 0.0684. The van der Waals surface area contributed by atoms with E-state index in [2.05, 4.69) is 0 Å². The molecular formula is C20H16O2. The van der Waals surface area contributed by atoms with E-state index in [1.54, 1.807) is 12.1 Å². The zero-order valence-corrected chi connectivity index (χ0v) is 12.0. The summed E-state index contributed by atoms with van der Waals surface area (Å²) in [7, 11) is 0. The van der Waals surface area contributed by atoms with Gasteiger partial charge in [0.15, 0.2) is 0 Å². The second-order valence-corrected chi connectivity index (χ2v) is 5.04. The van der Waals surface area contributed by atoms with Crippen molar-refractivity contribution in [2.75, 3.05) is 0 Å². The molecule has 0 heterocycles. The third kappa shape index (κ3) is 3.01. The summed E-state index contributed by atoms with van der Waals surface area (Å²) in [5, 5.41) is 20.5. The van der Waals surface area contributed by atoms with Gasteiger partial charge >= 0.3 is 0 Å². The summed E-state index contributed by atoms with van der Waals surface area (Å²) in [6.07, 6.45) is 3.81. The van der Waals surface area contributed by atoms with Crippen LogP contribution < -0.4 is 0 Å². The van der Waals surface area contributed by atoms with E-state index in [1.807, 2.05) is 72.8 Å². The molecule has 2 heteroatoms. The SMILES string of the molecule is Oc1cc(C=Cc2ccccc2)cc(O)c1-c1ccccc1. The van der Waals surface area contributed by atoms with Crippen LogP contribution in [0.2, 0.25) is 0 Å². The second kappa shape index (κ2) is 6.19. The lowest BCUT2D eigenvalue weighted by Gasteiger charge is -2.09. The van der Waals surface area contributed by atoms with Gasteiger partial charge in [0.2, 0.25) is 0 Å². The molecule has 2 N–H and O–H groups in total. The summed E-state index contributed by atoms with van der Waals surface area (Å²) in [5.41, 5.74) is 3.06. The lowest BCUT2D eigenvalue weighted by atomic mass is 10.0. The van der Waals surface area contributed by atoms with Gasteiger partial charge in [-0.1, -0.05) is 72.8 Å². The van der Waals surface area contributed by atoms with Crippen LogP contribution in [0.1, 0.15) is 11.1 Å². The Morgan fingerprint density at radius 3 is 1.68 bits per heavy atom. The van der Waals surface area contributed by atoms with Crippen LogP contribution in [0.4, 0.5) is 0 Å². The fraction of sp³-hybridized carbons (Fsp3) is 0. The fourth-order valence-electron chi connectivity index (χ4n) is 2.39. The standard InChI is InChI=1S/C20H16O2/c21-18-13-16(12-11-15-7-3-1-4-8-15)14-19(22)20(18)17-9-5-2-6-10-17/h1-14,21-22H. The summed E-state index contributed by atoms with van der Waals surface area (Å²) >= 11 is 0. The average Bonchev–Trinajstić information content (AvgIpc) is 2.54. The number of rotatable bonds is 3. The maximum atomic E-state index is 10.2. The van der Waals surface area contributed by atoms with Crippen molar-refractivity contribution in [2.24, 2.45) is 0 Å². The van der Waals surface area contributed by atoms with Crippen LogP contribution in [0.25, 0.3) is 23.3 Å². The van der Waals surface area contributed by atoms with Gasteiger partial charge in [-0.05, 0) is 28.8 Å². The first-order valence-corrected chi connectivity index (χ1v) is 7.08. The van der Waals surface area contributed by atoms with Crippen molar-refractivity contribution < 1.29 is 10.2 Å². The molecule has 0 amide bonds. The van der Waals surface area contributed by atoms with Crippen molar-refractivity contribution in [1.29, 1.82) is 0 Å². The molecule has 0 unspecified atom stereocenters. The van der Waals surface area contributed by atoms with E-state index in [-0.39, 0.29) is 11.5 Å². The third-order valence-corrected chi connectivity index (χ3v) is 3.45. The van der Waals surface area contributed by atoms with Crippen LogP contribution in [0.15, 0.2) is 72.8 Å². The monoisotopic (exact) mass is 288 g/mol. The number of aromatic hydroxyl groups is 2. The normalized spacial score (nSPS) is 10.9. The van der Waals surface area contributed by atoms with Gasteiger partial charge in [-0.15, -0.1) is 0 Å². The molecule has 0 fully saturated rings. The van der Waals surface area contributed by atoms with Crippen molar-refractivity contribution in [3.05, 3.63) is 83.9 Å². The topological polar surface area (TPSA) is 40.5 Å². The largest absolute Gasteiger partial charge is 0.507 e. The molecule has 0 bridgehead atoms. The Bertz CT molecular complexity index is 767. The minimum atomic E-state index is 0.0684. The maximum absolute atomic E-state index is 10.2. The highest BCUT2D eigenvalue weighted by atomic mass is 16.3. The van der Waals surface area contributed by atoms with E-state index < -0.39 is 0 Å². The molecule has 3 rings (SSSR count). The molecule has 2 nitrogen and oxygen atoms in total. The zero-order valence-electron chi connectivity index (χ0n) is 12.0. The number of phenolic OH excluding ortho intramolecular Hbond substituents is 2. The van der Waals surface area contributed by atoms with E-state index in [4.69, 9.17) is 0 Å². The van der Waals surface area contributed by atoms with Gasteiger partial charge < -0.3 is 10.2 Å². The lowest BCUT2D eigenvalue weighted by Crippen LogP contribution is -1.83.